The van der Waals surface area contributed by atoms with Gasteiger partial charge in [0.2, 0.25) is 5.91 Å². The quantitative estimate of drug-likeness (QED) is 0.746. The van der Waals surface area contributed by atoms with E-state index in [9.17, 15) is 4.79 Å². The highest BCUT2D eigenvalue weighted by atomic mass is 16.5. The van der Waals surface area contributed by atoms with Crippen LogP contribution in [0.3, 0.4) is 0 Å². The fourth-order valence-electron chi connectivity index (χ4n) is 2.31. The maximum Gasteiger partial charge on any atom is 0.243 e. The molecular formula is C20H24N2O2. The number of ether oxygens (including phenoxy) is 1. The Morgan fingerprint density at radius 2 is 1.67 bits per heavy atom. The van der Waals surface area contributed by atoms with E-state index in [4.69, 9.17) is 4.74 Å². The molecule has 0 saturated heterocycles. The van der Waals surface area contributed by atoms with Gasteiger partial charge in [0.25, 0.3) is 0 Å². The van der Waals surface area contributed by atoms with Crippen molar-refractivity contribution in [2.45, 2.75) is 20.8 Å². The molecule has 0 fully saturated rings. The first-order chi connectivity index (χ1) is 11.4. The number of amides is 1. The maximum atomic E-state index is 12.0. The molecule has 0 saturated carbocycles. The van der Waals surface area contributed by atoms with Crippen molar-refractivity contribution in [3.8, 4) is 5.75 Å². The Morgan fingerprint density at radius 3 is 2.25 bits per heavy atom. The molecule has 2 aromatic carbocycles. The van der Waals surface area contributed by atoms with Crippen LogP contribution in [0, 0.1) is 13.8 Å². The summed E-state index contributed by atoms with van der Waals surface area (Å²) in [5, 5.41) is 6.00. The lowest BCUT2D eigenvalue weighted by molar-refractivity contribution is -0.114. The molecule has 0 aliphatic carbocycles. The van der Waals surface area contributed by atoms with Gasteiger partial charge in [-0.05, 0) is 73.9 Å². The molecule has 1 amide bonds. The summed E-state index contributed by atoms with van der Waals surface area (Å²) in [5.74, 6) is 0.700. The highest BCUT2D eigenvalue weighted by Gasteiger charge is 2.04. The van der Waals surface area contributed by atoms with Crippen LogP contribution in [0.5, 0.6) is 5.75 Å². The normalized spacial score (nSPS) is 10.1. The van der Waals surface area contributed by atoms with E-state index < -0.39 is 0 Å². The summed E-state index contributed by atoms with van der Waals surface area (Å²) in [6.45, 7) is 10.5. The van der Waals surface area contributed by atoms with Crippen LogP contribution in [-0.2, 0) is 4.79 Å². The third kappa shape index (κ3) is 5.80. The number of hydrogen-bond acceptors (Lipinski definition) is 3. The summed E-state index contributed by atoms with van der Waals surface area (Å²) in [4.78, 5) is 12.0. The Bertz CT molecular complexity index is 701. The van der Waals surface area contributed by atoms with Crippen molar-refractivity contribution in [1.29, 1.82) is 0 Å². The predicted octanol–water partition coefficient (Wildman–Crippen LogP) is 4.31. The zero-order valence-electron chi connectivity index (χ0n) is 14.5. The zero-order chi connectivity index (χ0) is 17.5. The number of aryl methyl sites for hydroxylation is 2. The van der Waals surface area contributed by atoms with Gasteiger partial charge in [-0.15, -0.1) is 0 Å². The molecule has 2 rings (SSSR count). The third-order valence-corrected chi connectivity index (χ3v) is 3.30. The standard InChI is InChI=1S/C20H24N2O2/c1-14(2)13-24-19-7-5-17(6-8-19)21-12-20(23)22-18-10-15(3)9-16(4)11-18/h5-11,21H,1,12-13H2,2-4H3,(H,22,23). The molecule has 0 atom stereocenters. The van der Waals surface area contributed by atoms with Gasteiger partial charge >= 0.3 is 0 Å². The second kappa shape index (κ2) is 8.20. The van der Waals surface area contributed by atoms with Gasteiger partial charge in [-0.1, -0.05) is 12.6 Å². The molecule has 2 N–H and O–H groups in total. The SMILES string of the molecule is C=C(C)COc1ccc(NCC(=O)Nc2cc(C)cc(C)c2)cc1. The first kappa shape index (κ1) is 17.6. The Hall–Kier alpha value is -2.75. The number of carbonyl (C=O) groups is 1. The summed E-state index contributed by atoms with van der Waals surface area (Å²) < 4.78 is 5.54. The van der Waals surface area contributed by atoms with Crippen molar-refractivity contribution in [3.63, 3.8) is 0 Å². The summed E-state index contributed by atoms with van der Waals surface area (Å²) in [7, 11) is 0. The second-order valence-corrected chi connectivity index (χ2v) is 6.05. The Labute approximate surface area is 143 Å². The van der Waals surface area contributed by atoms with Crippen molar-refractivity contribution < 1.29 is 9.53 Å². The number of anilines is 2. The average molecular weight is 324 g/mol. The van der Waals surface area contributed by atoms with E-state index in [1.54, 1.807) is 0 Å². The molecular weight excluding hydrogens is 300 g/mol. The first-order valence-corrected chi connectivity index (χ1v) is 7.91. The van der Waals surface area contributed by atoms with Gasteiger partial charge in [0.15, 0.2) is 0 Å². The molecule has 0 unspecified atom stereocenters. The Kier molecular flexibility index (Phi) is 6.01. The van der Waals surface area contributed by atoms with Crippen LogP contribution in [0.15, 0.2) is 54.6 Å². The monoisotopic (exact) mass is 324 g/mol. The van der Waals surface area contributed by atoms with Gasteiger partial charge < -0.3 is 15.4 Å². The number of nitrogens with one attached hydrogen (secondary N) is 2. The molecule has 0 aliphatic heterocycles. The zero-order valence-corrected chi connectivity index (χ0v) is 14.5. The molecule has 126 valence electrons. The van der Waals surface area contributed by atoms with E-state index in [1.807, 2.05) is 57.2 Å². The largest absolute Gasteiger partial charge is 0.489 e. The van der Waals surface area contributed by atoms with Crippen LogP contribution in [0.25, 0.3) is 0 Å². The molecule has 0 radical (unpaired) electrons. The average Bonchev–Trinajstić information content (AvgIpc) is 2.51. The minimum Gasteiger partial charge on any atom is -0.489 e. The van der Waals surface area contributed by atoms with Gasteiger partial charge in [-0.2, -0.15) is 0 Å². The summed E-state index contributed by atoms with van der Waals surface area (Å²) in [5.41, 5.74) is 4.92. The van der Waals surface area contributed by atoms with E-state index in [-0.39, 0.29) is 12.5 Å². The summed E-state index contributed by atoms with van der Waals surface area (Å²) in [6.07, 6.45) is 0. The lowest BCUT2D eigenvalue weighted by Crippen LogP contribution is -2.21. The Balaban J connectivity index is 1.84. The van der Waals surface area contributed by atoms with Crippen LogP contribution in [0.4, 0.5) is 11.4 Å². The van der Waals surface area contributed by atoms with Crippen molar-refractivity contribution in [2.75, 3.05) is 23.8 Å². The molecule has 2 aromatic rings. The topological polar surface area (TPSA) is 50.4 Å². The second-order valence-electron chi connectivity index (χ2n) is 6.05. The third-order valence-electron chi connectivity index (χ3n) is 3.30. The molecule has 4 heteroatoms. The smallest absolute Gasteiger partial charge is 0.243 e. The van der Waals surface area contributed by atoms with Crippen LogP contribution in [-0.4, -0.2) is 19.1 Å². The molecule has 0 bridgehead atoms. The van der Waals surface area contributed by atoms with Gasteiger partial charge in [0.05, 0.1) is 6.54 Å². The fraction of sp³-hybridized carbons (Fsp3) is 0.250. The lowest BCUT2D eigenvalue weighted by Gasteiger charge is -2.10. The van der Waals surface area contributed by atoms with Crippen LogP contribution < -0.4 is 15.4 Å². The molecule has 4 nitrogen and oxygen atoms in total. The van der Waals surface area contributed by atoms with Crippen molar-refractivity contribution in [3.05, 3.63) is 65.7 Å². The van der Waals surface area contributed by atoms with E-state index in [1.165, 1.54) is 0 Å². The van der Waals surface area contributed by atoms with E-state index in [2.05, 4.69) is 23.3 Å². The van der Waals surface area contributed by atoms with E-state index >= 15 is 0 Å². The van der Waals surface area contributed by atoms with Crippen molar-refractivity contribution in [2.24, 2.45) is 0 Å². The number of carbonyl (C=O) groups excluding carboxylic acids is 1. The minimum atomic E-state index is -0.0809. The maximum absolute atomic E-state index is 12.0. The lowest BCUT2D eigenvalue weighted by atomic mass is 10.1. The van der Waals surface area contributed by atoms with Gasteiger partial charge in [-0.3, -0.25) is 4.79 Å². The van der Waals surface area contributed by atoms with Crippen LogP contribution in [0.1, 0.15) is 18.1 Å². The summed E-state index contributed by atoms with van der Waals surface area (Å²) >= 11 is 0. The highest BCUT2D eigenvalue weighted by Crippen LogP contribution is 2.16. The molecule has 24 heavy (non-hydrogen) atoms. The highest BCUT2D eigenvalue weighted by molar-refractivity contribution is 5.93. The minimum absolute atomic E-state index is 0.0809. The van der Waals surface area contributed by atoms with Crippen LogP contribution in [0.2, 0.25) is 0 Å². The number of benzene rings is 2. The summed E-state index contributed by atoms with van der Waals surface area (Å²) in [6, 6.07) is 13.5. The van der Waals surface area contributed by atoms with Gasteiger partial charge in [0, 0.05) is 11.4 Å². The molecule has 0 aliphatic rings. The van der Waals surface area contributed by atoms with Gasteiger partial charge in [0.1, 0.15) is 12.4 Å². The fourth-order valence-corrected chi connectivity index (χ4v) is 2.31. The van der Waals surface area contributed by atoms with E-state index in [0.717, 1.165) is 33.8 Å². The first-order valence-electron chi connectivity index (χ1n) is 7.91. The Morgan fingerprint density at radius 1 is 1.04 bits per heavy atom. The number of rotatable bonds is 7. The number of hydrogen-bond donors (Lipinski definition) is 2. The van der Waals surface area contributed by atoms with Crippen molar-refractivity contribution >= 4 is 17.3 Å². The predicted molar refractivity (Wildman–Crippen MR) is 99.8 cm³/mol. The van der Waals surface area contributed by atoms with Crippen molar-refractivity contribution in [1.82, 2.24) is 0 Å². The van der Waals surface area contributed by atoms with Gasteiger partial charge in [-0.25, -0.2) is 0 Å². The molecule has 0 spiro atoms. The van der Waals surface area contributed by atoms with E-state index in [0.29, 0.717) is 6.61 Å². The van der Waals surface area contributed by atoms with Crippen LogP contribution >= 0.6 is 0 Å². The molecule has 0 aromatic heterocycles. The molecule has 0 heterocycles.